The summed E-state index contributed by atoms with van der Waals surface area (Å²) in [4.78, 5) is 24.1. The number of benzene rings is 2. The molecule has 2 aromatic rings. The lowest BCUT2D eigenvalue weighted by Crippen LogP contribution is -2.29. The van der Waals surface area contributed by atoms with Gasteiger partial charge in [-0.2, -0.15) is 0 Å². The van der Waals surface area contributed by atoms with Crippen LogP contribution in [-0.4, -0.2) is 18.6 Å². The van der Waals surface area contributed by atoms with E-state index in [1.54, 1.807) is 30.3 Å². The minimum absolute atomic E-state index is 0.0271. The monoisotopic (exact) mass is 340 g/mol. The van der Waals surface area contributed by atoms with E-state index < -0.39 is 11.8 Å². The lowest BCUT2D eigenvalue weighted by atomic mass is 9.87. The minimum atomic E-state index is -0.751. The first-order chi connectivity index (χ1) is 11.8. The Kier molecular flexibility index (Phi) is 4.35. The van der Waals surface area contributed by atoms with E-state index in [1.807, 2.05) is 12.1 Å². The van der Waals surface area contributed by atoms with Crippen LogP contribution in [0.25, 0.3) is 0 Å². The molecular formula is C19H20N2O4. The Hall–Kier alpha value is -3.02. The summed E-state index contributed by atoms with van der Waals surface area (Å²) < 4.78 is 10.4. The van der Waals surface area contributed by atoms with Crippen LogP contribution in [0.1, 0.15) is 26.3 Å². The number of rotatable bonds is 2. The molecule has 130 valence electrons. The standard InChI is InChI=1S/C19H20N2O4/c1-19(2,3)12-4-6-13(7-5-12)20-17(22)18(23)21-14-8-9-15-16(10-14)25-11-24-15/h4-10H,11H2,1-3H3,(H,20,22)(H,21,23). The molecule has 0 saturated carbocycles. The third-order valence-corrected chi connectivity index (χ3v) is 3.85. The molecule has 3 rings (SSSR count). The number of carbonyl (C=O) groups excluding carboxylic acids is 2. The lowest BCUT2D eigenvalue weighted by molar-refractivity contribution is -0.132. The van der Waals surface area contributed by atoms with Gasteiger partial charge in [0, 0.05) is 17.4 Å². The number of anilines is 2. The molecule has 0 bridgehead atoms. The largest absolute Gasteiger partial charge is 0.454 e. The fourth-order valence-corrected chi connectivity index (χ4v) is 2.40. The molecule has 0 aliphatic carbocycles. The number of carbonyl (C=O) groups is 2. The Morgan fingerprint density at radius 2 is 1.40 bits per heavy atom. The summed E-state index contributed by atoms with van der Waals surface area (Å²) >= 11 is 0. The highest BCUT2D eigenvalue weighted by Gasteiger charge is 2.18. The van der Waals surface area contributed by atoms with Crippen LogP contribution in [0, 0.1) is 0 Å². The van der Waals surface area contributed by atoms with Crippen molar-refractivity contribution in [2.24, 2.45) is 0 Å². The molecule has 2 aromatic carbocycles. The molecule has 1 aliphatic rings. The van der Waals surface area contributed by atoms with Gasteiger partial charge in [-0.25, -0.2) is 0 Å². The fourth-order valence-electron chi connectivity index (χ4n) is 2.40. The topological polar surface area (TPSA) is 76.7 Å². The van der Waals surface area contributed by atoms with Crippen LogP contribution in [0.5, 0.6) is 11.5 Å². The van der Waals surface area contributed by atoms with E-state index in [1.165, 1.54) is 0 Å². The van der Waals surface area contributed by atoms with Crippen molar-refractivity contribution in [1.29, 1.82) is 0 Å². The van der Waals surface area contributed by atoms with Gasteiger partial charge in [-0.3, -0.25) is 9.59 Å². The molecule has 0 spiro atoms. The van der Waals surface area contributed by atoms with Crippen LogP contribution in [0.3, 0.4) is 0 Å². The SMILES string of the molecule is CC(C)(C)c1ccc(NC(=O)C(=O)Nc2ccc3c(c2)OCO3)cc1. The van der Waals surface area contributed by atoms with Gasteiger partial charge in [0.1, 0.15) is 0 Å². The van der Waals surface area contributed by atoms with Gasteiger partial charge in [-0.1, -0.05) is 32.9 Å². The van der Waals surface area contributed by atoms with Crippen LogP contribution in [0.2, 0.25) is 0 Å². The molecule has 0 radical (unpaired) electrons. The van der Waals surface area contributed by atoms with Crippen LogP contribution in [-0.2, 0) is 15.0 Å². The highest BCUT2D eigenvalue weighted by molar-refractivity contribution is 6.43. The van der Waals surface area contributed by atoms with Crippen LogP contribution in [0.15, 0.2) is 42.5 Å². The average molecular weight is 340 g/mol. The van der Waals surface area contributed by atoms with Crippen molar-refractivity contribution in [3.63, 3.8) is 0 Å². The summed E-state index contributed by atoms with van der Waals surface area (Å²) in [6, 6.07) is 12.4. The lowest BCUT2D eigenvalue weighted by Gasteiger charge is -2.19. The van der Waals surface area contributed by atoms with Gasteiger partial charge in [0.15, 0.2) is 11.5 Å². The predicted octanol–water partition coefficient (Wildman–Crippen LogP) is 3.29. The molecule has 0 atom stereocenters. The van der Waals surface area contributed by atoms with E-state index in [2.05, 4.69) is 31.4 Å². The predicted molar refractivity (Wildman–Crippen MR) is 95.0 cm³/mol. The number of ether oxygens (including phenoxy) is 2. The number of hydrogen-bond donors (Lipinski definition) is 2. The third kappa shape index (κ3) is 3.91. The van der Waals surface area contributed by atoms with Crippen LogP contribution >= 0.6 is 0 Å². The van der Waals surface area contributed by atoms with Crippen molar-refractivity contribution < 1.29 is 19.1 Å². The second-order valence-corrected chi connectivity index (χ2v) is 6.80. The molecule has 0 aromatic heterocycles. The molecule has 2 amide bonds. The van der Waals surface area contributed by atoms with E-state index in [0.717, 1.165) is 5.56 Å². The van der Waals surface area contributed by atoms with E-state index >= 15 is 0 Å². The van der Waals surface area contributed by atoms with Crippen molar-refractivity contribution in [3.05, 3.63) is 48.0 Å². The van der Waals surface area contributed by atoms with Gasteiger partial charge in [0.05, 0.1) is 0 Å². The molecule has 25 heavy (non-hydrogen) atoms. The number of hydrogen-bond acceptors (Lipinski definition) is 4. The first-order valence-corrected chi connectivity index (χ1v) is 7.95. The van der Waals surface area contributed by atoms with E-state index in [4.69, 9.17) is 9.47 Å². The second kappa shape index (κ2) is 6.47. The molecule has 6 heteroatoms. The summed E-state index contributed by atoms with van der Waals surface area (Å²) in [7, 11) is 0. The highest BCUT2D eigenvalue weighted by Crippen LogP contribution is 2.34. The maximum absolute atomic E-state index is 12.1. The summed E-state index contributed by atoms with van der Waals surface area (Å²) in [6.45, 7) is 6.48. The normalized spacial score (nSPS) is 12.6. The quantitative estimate of drug-likeness (QED) is 0.823. The maximum atomic E-state index is 12.1. The Balaban J connectivity index is 1.62. The number of amides is 2. The molecule has 2 N–H and O–H groups in total. The number of nitrogens with one attached hydrogen (secondary N) is 2. The molecule has 0 fully saturated rings. The Bertz CT molecular complexity index is 807. The highest BCUT2D eigenvalue weighted by atomic mass is 16.7. The zero-order chi connectivity index (χ0) is 18.0. The van der Waals surface area contributed by atoms with Crippen LogP contribution in [0.4, 0.5) is 11.4 Å². The summed E-state index contributed by atoms with van der Waals surface area (Å²) in [5, 5.41) is 5.13. The van der Waals surface area contributed by atoms with E-state index in [9.17, 15) is 9.59 Å². The maximum Gasteiger partial charge on any atom is 0.314 e. The van der Waals surface area contributed by atoms with Crippen LogP contribution < -0.4 is 20.1 Å². The summed E-state index contributed by atoms with van der Waals surface area (Å²) in [5.74, 6) is -0.336. The first kappa shape index (κ1) is 16.8. The fraction of sp³-hybridized carbons (Fsp3) is 0.263. The zero-order valence-corrected chi connectivity index (χ0v) is 14.4. The van der Waals surface area contributed by atoms with Crippen molar-refractivity contribution in [1.82, 2.24) is 0 Å². The molecule has 0 unspecified atom stereocenters. The first-order valence-electron chi connectivity index (χ1n) is 7.95. The van der Waals surface area contributed by atoms with Crippen molar-refractivity contribution in [3.8, 4) is 11.5 Å². The van der Waals surface area contributed by atoms with Gasteiger partial charge in [0.2, 0.25) is 6.79 Å². The zero-order valence-electron chi connectivity index (χ0n) is 14.4. The van der Waals surface area contributed by atoms with Crippen molar-refractivity contribution in [2.45, 2.75) is 26.2 Å². The van der Waals surface area contributed by atoms with Gasteiger partial charge < -0.3 is 20.1 Å². The van der Waals surface area contributed by atoms with E-state index in [0.29, 0.717) is 22.9 Å². The van der Waals surface area contributed by atoms with Crippen molar-refractivity contribution in [2.75, 3.05) is 17.4 Å². The Labute approximate surface area is 146 Å². The Morgan fingerprint density at radius 3 is 2.04 bits per heavy atom. The van der Waals surface area contributed by atoms with Gasteiger partial charge in [-0.05, 0) is 35.2 Å². The Morgan fingerprint density at radius 1 is 0.840 bits per heavy atom. The van der Waals surface area contributed by atoms with Gasteiger partial charge in [-0.15, -0.1) is 0 Å². The van der Waals surface area contributed by atoms with E-state index in [-0.39, 0.29) is 12.2 Å². The molecular weight excluding hydrogens is 320 g/mol. The number of fused-ring (bicyclic) bond motifs is 1. The summed E-state index contributed by atoms with van der Waals surface area (Å²) in [6.07, 6.45) is 0. The molecule has 0 saturated heterocycles. The molecule has 1 aliphatic heterocycles. The molecule has 6 nitrogen and oxygen atoms in total. The smallest absolute Gasteiger partial charge is 0.314 e. The minimum Gasteiger partial charge on any atom is -0.454 e. The summed E-state index contributed by atoms with van der Waals surface area (Å²) in [5.41, 5.74) is 2.21. The third-order valence-electron chi connectivity index (χ3n) is 3.85. The molecule has 1 heterocycles. The van der Waals surface area contributed by atoms with Gasteiger partial charge in [0.25, 0.3) is 0 Å². The van der Waals surface area contributed by atoms with Crippen molar-refractivity contribution >= 4 is 23.2 Å². The second-order valence-electron chi connectivity index (χ2n) is 6.80. The average Bonchev–Trinajstić information content (AvgIpc) is 3.02. The van der Waals surface area contributed by atoms with Gasteiger partial charge >= 0.3 is 11.8 Å².